The van der Waals surface area contributed by atoms with Crippen molar-refractivity contribution in [1.82, 2.24) is 9.88 Å². The first kappa shape index (κ1) is 19.0. The average Bonchev–Trinajstić information content (AvgIpc) is 3.16. The summed E-state index contributed by atoms with van der Waals surface area (Å²) in [5.41, 5.74) is 0.988. The minimum atomic E-state index is -0.689. The molecule has 3 rings (SSSR count). The number of hydrogen-bond donors (Lipinski definition) is 0. The van der Waals surface area contributed by atoms with E-state index in [-0.39, 0.29) is 18.4 Å². The lowest BCUT2D eigenvalue weighted by atomic mass is 10.2. The number of urea groups is 1. The van der Waals surface area contributed by atoms with Gasteiger partial charge in [-0.2, -0.15) is 0 Å². The second kappa shape index (κ2) is 7.43. The molecule has 1 aromatic carbocycles. The highest BCUT2D eigenvalue weighted by molar-refractivity contribution is 7.14. The van der Waals surface area contributed by atoms with Gasteiger partial charge >= 0.3 is 6.03 Å². The number of halogens is 1. The number of carbonyl (C=O) groups excluding carboxylic acids is 3. The zero-order valence-electron chi connectivity index (χ0n) is 15.2. The van der Waals surface area contributed by atoms with Gasteiger partial charge < -0.3 is 0 Å². The fourth-order valence-corrected chi connectivity index (χ4v) is 3.88. The van der Waals surface area contributed by atoms with Gasteiger partial charge in [0.1, 0.15) is 11.9 Å². The molecule has 1 aliphatic heterocycles. The second-order valence-corrected chi connectivity index (χ2v) is 6.95. The topological polar surface area (TPSA) is 73.8 Å². The molecule has 2 heterocycles. The van der Waals surface area contributed by atoms with Crippen LogP contribution in [0.25, 0.3) is 0 Å². The van der Waals surface area contributed by atoms with E-state index in [0.717, 1.165) is 4.90 Å². The average molecular weight is 390 g/mol. The zero-order valence-corrected chi connectivity index (χ0v) is 16.0. The fraction of sp³-hybridized carbons (Fsp3) is 0.333. The number of thiazole rings is 1. The van der Waals surface area contributed by atoms with Crippen LogP contribution in [0.1, 0.15) is 26.5 Å². The number of nitrogens with zero attached hydrogens (tertiary/aromatic N) is 4. The van der Waals surface area contributed by atoms with Gasteiger partial charge in [-0.3, -0.25) is 24.3 Å². The number of amides is 4. The quantitative estimate of drug-likeness (QED) is 0.736. The Labute approximate surface area is 160 Å². The summed E-state index contributed by atoms with van der Waals surface area (Å²) in [7, 11) is 0. The van der Waals surface area contributed by atoms with Gasteiger partial charge in [-0.25, -0.2) is 14.2 Å². The molecule has 0 saturated carbocycles. The second-order valence-electron chi connectivity index (χ2n) is 6.11. The SMILES string of the molecule is CCN(C(C)=O)c1nc(CN2C(=O)C(C)N(c3ccc(F)cc3)C2=O)cs1. The standard InChI is InChI=1S/C18H19FN4O3S/c1-4-21(12(3)24)17-20-14(10-27-17)9-22-16(25)11(2)23(18(22)26)15-7-5-13(19)6-8-15/h5-8,10-11H,4,9H2,1-3H3. The minimum absolute atomic E-state index is 0.0195. The van der Waals surface area contributed by atoms with E-state index in [4.69, 9.17) is 0 Å². The molecule has 1 aromatic heterocycles. The maximum Gasteiger partial charge on any atom is 0.332 e. The molecule has 0 radical (unpaired) electrons. The van der Waals surface area contributed by atoms with Crippen LogP contribution in [-0.2, 0) is 16.1 Å². The van der Waals surface area contributed by atoms with Crippen molar-refractivity contribution in [3.8, 4) is 0 Å². The third-order valence-corrected chi connectivity index (χ3v) is 5.25. The van der Waals surface area contributed by atoms with Crippen molar-refractivity contribution in [2.45, 2.75) is 33.4 Å². The van der Waals surface area contributed by atoms with Crippen LogP contribution in [0, 0.1) is 5.82 Å². The van der Waals surface area contributed by atoms with Crippen LogP contribution in [0.2, 0.25) is 0 Å². The number of rotatable bonds is 5. The Morgan fingerprint density at radius 2 is 1.96 bits per heavy atom. The summed E-state index contributed by atoms with van der Waals surface area (Å²) in [4.78, 5) is 45.3. The lowest BCUT2D eigenvalue weighted by Gasteiger charge is -2.19. The first-order valence-electron chi connectivity index (χ1n) is 8.46. The minimum Gasteiger partial charge on any atom is -0.289 e. The maximum absolute atomic E-state index is 13.1. The molecule has 0 spiro atoms. The number of benzene rings is 1. The van der Waals surface area contributed by atoms with Crippen LogP contribution in [0.3, 0.4) is 0 Å². The van der Waals surface area contributed by atoms with Gasteiger partial charge in [-0.1, -0.05) is 0 Å². The Hall–Kier alpha value is -2.81. The highest BCUT2D eigenvalue weighted by Gasteiger charge is 2.43. The van der Waals surface area contributed by atoms with Gasteiger partial charge in [0.2, 0.25) is 5.91 Å². The van der Waals surface area contributed by atoms with Crippen LogP contribution in [-0.4, -0.2) is 40.3 Å². The third kappa shape index (κ3) is 3.55. The Morgan fingerprint density at radius 1 is 1.30 bits per heavy atom. The molecule has 4 amide bonds. The number of hydrogen-bond acceptors (Lipinski definition) is 5. The summed E-state index contributed by atoms with van der Waals surface area (Å²) in [6.45, 7) is 5.44. The highest BCUT2D eigenvalue weighted by Crippen LogP contribution is 2.28. The zero-order chi connectivity index (χ0) is 19.7. The summed E-state index contributed by atoms with van der Waals surface area (Å²) < 4.78 is 13.1. The first-order valence-corrected chi connectivity index (χ1v) is 9.34. The normalized spacial score (nSPS) is 17.0. The van der Waals surface area contributed by atoms with Crippen LogP contribution in [0.15, 0.2) is 29.6 Å². The summed E-state index contributed by atoms with van der Waals surface area (Å²) >= 11 is 1.29. The van der Waals surface area contributed by atoms with Crippen molar-refractivity contribution in [3.63, 3.8) is 0 Å². The van der Waals surface area contributed by atoms with Gasteiger partial charge in [0, 0.05) is 24.5 Å². The number of aromatic nitrogens is 1. The number of carbonyl (C=O) groups is 3. The van der Waals surface area contributed by atoms with Crippen LogP contribution < -0.4 is 9.80 Å². The molecule has 27 heavy (non-hydrogen) atoms. The van der Waals surface area contributed by atoms with E-state index < -0.39 is 17.9 Å². The molecule has 7 nitrogen and oxygen atoms in total. The van der Waals surface area contributed by atoms with Crippen molar-refractivity contribution in [1.29, 1.82) is 0 Å². The van der Waals surface area contributed by atoms with Crippen molar-refractivity contribution in [3.05, 3.63) is 41.2 Å². The Morgan fingerprint density at radius 3 is 2.56 bits per heavy atom. The molecule has 1 aliphatic rings. The van der Waals surface area contributed by atoms with Crippen LogP contribution in [0.5, 0.6) is 0 Å². The van der Waals surface area contributed by atoms with Gasteiger partial charge in [-0.15, -0.1) is 11.3 Å². The molecule has 1 atom stereocenters. The third-order valence-electron chi connectivity index (χ3n) is 4.34. The molecule has 0 bridgehead atoms. The van der Waals surface area contributed by atoms with Crippen molar-refractivity contribution >= 4 is 40.0 Å². The van der Waals surface area contributed by atoms with E-state index in [1.165, 1.54) is 52.3 Å². The Kier molecular flexibility index (Phi) is 5.22. The molecular weight excluding hydrogens is 371 g/mol. The van der Waals surface area contributed by atoms with E-state index >= 15 is 0 Å². The van der Waals surface area contributed by atoms with E-state index in [1.54, 1.807) is 12.3 Å². The monoisotopic (exact) mass is 390 g/mol. The molecule has 1 saturated heterocycles. The summed E-state index contributed by atoms with van der Waals surface area (Å²) in [6, 6.07) is 4.26. The largest absolute Gasteiger partial charge is 0.332 e. The predicted molar refractivity (Wildman–Crippen MR) is 100 cm³/mol. The number of anilines is 2. The van der Waals surface area contributed by atoms with E-state index in [2.05, 4.69) is 4.98 Å². The van der Waals surface area contributed by atoms with Crippen molar-refractivity contribution < 1.29 is 18.8 Å². The summed E-state index contributed by atoms with van der Waals surface area (Å²) in [5.74, 6) is -0.886. The number of imide groups is 1. The highest BCUT2D eigenvalue weighted by atomic mass is 32.1. The Balaban J connectivity index is 1.80. The first-order chi connectivity index (χ1) is 12.8. The van der Waals surface area contributed by atoms with Gasteiger partial charge in [0.25, 0.3) is 5.91 Å². The maximum atomic E-state index is 13.1. The molecule has 142 valence electrons. The molecule has 0 aliphatic carbocycles. The molecule has 1 unspecified atom stereocenters. The molecule has 2 aromatic rings. The lowest BCUT2D eigenvalue weighted by molar-refractivity contribution is -0.127. The van der Waals surface area contributed by atoms with E-state index in [1.807, 2.05) is 6.92 Å². The smallest absolute Gasteiger partial charge is 0.289 e. The van der Waals surface area contributed by atoms with Crippen LogP contribution >= 0.6 is 11.3 Å². The fourth-order valence-electron chi connectivity index (χ4n) is 2.95. The van der Waals surface area contributed by atoms with E-state index in [9.17, 15) is 18.8 Å². The summed E-state index contributed by atoms with van der Waals surface area (Å²) in [5, 5.41) is 2.26. The van der Waals surface area contributed by atoms with Crippen molar-refractivity contribution in [2.24, 2.45) is 0 Å². The van der Waals surface area contributed by atoms with Gasteiger partial charge in [-0.05, 0) is 38.1 Å². The molecular formula is C18H19FN4O3S. The van der Waals surface area contributed by atoms with Crippen LogP contribution in [0.4, 0.5) is 20.0 Å². The van der Waals surface area contributed by atoms with Gasteiger partial charge in [0.05, 0.1) is 12.2 Å². The molecule has 1 fully saturated rings. The van der Waals surface area contributed by atoms with Crippen molar-refractivity contribution in [2.75, 3.05) is 16.3 Å². The lowest BCUT2D eigenvalue weighted by Crippen LogP contribution is -2.33. The Bertz CT molecular complexity index is 883. The molecule has 9 heteroatoms. The molecule has 0 N–H and O–H groups in total. The van der Waals surface area contributed by atoms with Gasteiger partial charge in [0.15, 0.2) is 5.13 Å². The summed E-state index contributed by atoms with van der Waals surface area (Å²) in [6.07, 6.45) is 0. The van der Waals surface area contributed by atoms with E-state index in [0.29, 0.717) is 23.1 Å². The predicted octanol–water partition coefficient (Wildman–Crippen LogP) is 3.01.